The second-order valence-corrected chi connectivity index (χ2v) is 8.92. The number of pyridine rings is 1. The fourth-order valence-electron chi connectivity index (χ4n) is 4.49. The highest BCUT2D eigenvalue weighted by atomic mass is 35.5. The lowest BCUT2D eigenvalue weighted by Gasteiger charge is -2.32. The number of nitrogens with two attached hydrogens (primary N) is 1. The summed E-state index contributed by atoms with van der Waals surface area (Å²) in [5.41, 5.74) is 12.1. The first-order chi connectivity index (χ1) is 14.9. The second-order valence-electron chi connectivity index (χ2n) is 8.10. The number of hydrogen-bond acceptors (Lipinski definition) is 5. The van der Waals surface area contributed by atoms with Gasteiger partial charge in [0, 0.05) is 48.6 Å². The Morgan fingerprint density at radius 1 is 1.13 bits per heavy atom. The Kier molecular flexibility index (Phi) is 6.39. The first kappa shape index (κ1) is 21.9. The van der Waals surface area contributed by atoms with E-state index in [0.29, 0.717) is 35.1 Å². The lowest BCUT2D eigenvalue weighted by molar-refractivity contribution is -0.145. The summed E-state index contributed by atoms with van der Waals surface area (Å²) in [6, 6.07) is 4.92. The van der Waals surface area contributed by atoms with Gasteiger partial charge in [0.2, 0.25) is 5.91 Å². The lowest BCUT2D eigenvalue weighted by Crippen LogP contribution is -2.38. The Bertz CT molecular complexity index is 1040. The molecule has 1 aliphatic carbocycles. The number of rotatable bonds is 4. The molecule has 6 nitrogen and oxygen atoms in total. The van der Waals surface area contributed by atoms with Gasteiger partial charge in [0.05, 0.1) is 23.1 Å². The van der Waals surface area contributed by atoms with Gasteiger partial charge in [-0.05, 0) is 48.9 Å². The predicted octanol–water partition coefficient (Wildman–Crippen LogP) is 4.08. The number of fused-ring (bicyclic) bond motifs is 2. The van der Waals surface area contributed by atoms with Crippen molar-refractivity contribution in [2.45, 2.75) is 51.0 Å². The number of benzene rings is 1. The van der Waals surface area contributed by atoms with Gasteiger partial charge < -0.3 is 15.4 Å². The molecule has 2 N–H and O–H groups in total. The lowest BCUT2D eigenvalue weighted by atomic mass is 9.90. The number of methoxy groups -OCH3 is 1. The van der Waals surface area contributed by atoms with Crippen molar-refractivity contribution in [3.05, 3.63) is 56.3 Å². The molecular weight excluding hydrogens is 437 g/mol. The molecule has 0 radical (unpaired) electrons. The molecule has 31 heavy (non-hydrogen) atoms. The van der Waals surface area contributed by atoms with Crippen molar-refractivity contribution in [1.29, 1.82) is 0 Å². The van der Waals surface area contributed by atoms with Crippen molar-refractivity contribution in [2.75, 3.05) is 19.4 Å². The molecule has 1 aromatic heterocycles. The molecule has 2 heterocycles. The van der Waals surface area contributed by atoms with Gasteiger partial charge in [-0.15, -0.1) is 0 Å². The van der Waals surface area contributed by atoms with Crippen molar-refractivity contribution in [3.63, 3.8) is 0 Å². The zero-order chi connectivity index (χ0) is 22.1. The molecule has 1 unspecified atom stereocenters. The summed E-state index contributed by atoms with van der Waals surface area (Å²) < 4.78 is 4.95. The summed E-state index contributed by atoms with van der Waals surface area (Å²) in [4.78, 5) is 32.2. The largest absolute Gasteiger partial charge is 0.469 e. The summed E-state index contributed by atoms with van der Waals surface area (Å²) in [6.45, 7) is 0.960. The molecule has 8 heteroatoms. The molecule has 0 bridgehead atoms. The van der Waals surface area contributed by atoms with E-state index in [9.17, 15) is 9.59 Å². The number of aromatic nitrogens is 1. The van der Waals surface area contributed by atoms with Crippen LogP contribution in [0, 0.1) is 0 Å². The van der Waals surface area contributed by atoms with Crippen LogP contribution in [0.2, 0.25) is 10.0 Å². The second kappa shape index (κ2) is 9.05. The third-order valence-electron chi connectivity index (χ3n) is 6.24. The average molecular weight is 462 g/mol. The number of nitrogens with zero attached hydrogens (tertiary/aromatic N) is 2. The van der Waals surface area contributed by atoms with Crippen LogP contribution in [0.25, 0.3) is 0 Å². The van der Waals surface area contributed by atoms with E-state index >= 15 is 0 Å². The van der Waals surface area contributed by atoms with E-state index in [-0.39, 0.29) is 12.3 Å². The standard InChI is InChI=1S/C23H25Cl2N3O3/c1-31-23(30)15(13-6-7-17(24)18(25)10-13)11-21(29)28-9-8-20-16(12-28)22(26)14-4-2-3-5-19(14)27-20/h6-7,10,15H,2-5,8-9,11-12H2,1H3,(H2,26,27). The van der Waals surface area contributed by atoms with E-state index in [2.05, 4.69) is 0 Å². The summed E-state index contributed by atoms with van der Waals surface area (Å²) in [6.07, 6.45) is 4.82. The van der Waals surface area contributed by atoms with E-state index in [4.69, 9.17) is 38.7 Å². The van der Waals surface area contributed by atoms with E-state index in [1.165, 1.54) is 7.11 Å². The van der Waals surface area contributed by atoms with Crippen LogP contribution in [0.4, 0.5) is 5.69 Å². The summed E-state index contributed by atoms with van der Waals surface area (Å²) in [5.74, 6) is -1.38. The maximum atomic E-state index is 13.2. The Balaban J connectivity index is 1.55. The highest BCUT2D eigenvalue weighted by Crippen LogP contribution is 2.34. The van der Waals surface area contributed by atoms with Gasteiger partial charge in [-0.2, -0.15) is 0 Å². The number of anilines is 1. The van der Waals surface area contributed by atoms with Crippen molar-refractivity contribution >= 4 is 40.8 Å². The highest BCUT2D eigenvalue weighted by molar-refractivity contribution is 6.42. The average Bonchev–Trinajstić information content (AvgIpc) is 2.78. The molecular formula is C23H25Cl2N3O3. The molecule has 4 rings (SSSR count). The Morgan fingerprint density at radius 2 is 1.87 bits per heavy atom. The smallest absolute Gasteiger partial charge is 0.313 e. The first-order valence-electron chi connectivity index (χ1n) is 10.5. The number of ether oxygens (including phenoxy) is 1. The molecule has 1 aliphatic heterocycles. The van der Waals surface area contributed by atoms with Gasteiger partial charge in [-0.3, -0.25) is 14.6 Å². The quantitative estimate of drug-likeness (QED) is 0.693. The third-order valence-corrected chi connectivity index (χ3v) is 6.98. The molecule has 2 aliphatic rings. The molecule has 0 saturated heterocycles. The summed E-state index contributed by atoms with van der Waals surface area (Å²) in [7, 11) is 1.31. The molecule has 0 fully saturated rings. The van der Waals surface area contributed by atoms with Crippen LogP contribution in [0.1, 0.15) is 53.3 Å². The van der Waals surface area contributed by atoms with Crippen LogP contribution in [-0.2, 0) is 40.1 Å². The Labute approximate surface area is 191 Å². The number of carbonyl (C=O) groups is 2. The van der Waals surface area contributed by atoms with Gasteiger partial charge in [0.25, 0.3) is 0 Å². The maximum absolute atomic E-state index is 13.2. The van der Waals surface area contributed by atoms with Gasteiger partial charge >= 0.3 is 5.97 Å². The van der Waals surface area contributed by atoms with Gasteiger partial charge in [0.15, 0.2) is 0 Å². The van der Waals surface area contributed by atoms with E-state index in [1.54, 1.807) is 23.1 Å². The fourth-order valence-corrected chi connectivity index (χ4v) is 4.80. The number of nitrogen functional groups attached to an aromatic ring is 1. The first-order valence-corrected chi connectivity index (χ1v) is 11.2. The van der Waals surface area contributed by atoms with Crippen molar-refractivity contribution in [2.24, 2.45) is 0 Å². The number of carbonyl (C=O) groups excluding carboxylic acids is 2. The Hall–Kier alpha value is -2.31. The molecule has 0 saturated carbocycles. The topological polar surface area (TPSA) is 85.5 Å². The summed E-state index contributed by atoms with van der Waals surface area (Å²) >= 11 is 12.1. The molecule has 1 amide bonds. The van der Waals surface area contributed by atoms with Gasteiger partial charge in [0.1, 0.15) is 0 Å². The van der Waals surface area contributed by atoms with Crippen LogP contribution in [0.15, 0.2) is 18.2 Å². The van der Waals surface area contributed by atoms with Crippen LogP contribution >= 0.6 is 23.2 Å². The van der Waals surface area contributed by atoms with Gasteiger partial charge in [-0.25, -0.2) is 0 Å². The molecule has 2 aromatic rings. The summed E-state index contributed by atoms with van der Waals surface area (Å²) in [5, 5.41) is 0.718. The maximum Gasteiger partial charge on any atom is 0.313 e. The number of aryl methyl sites for hydroxylation is 1. The predicted molar refractivity (Wildman–Crippen MR) is 120 cm³/mol. The van der Waals surface area contributed by atoms with Crippen LogP contribution in [0.3, 0.4) is 0 Å². The fraction of sp³-hybridized carbons (Fsp3) is 0.435. The Morgan fingerprint density at radius 3 is 2.61 bits per heavy atom. The van der Waals surface area contributed by atoms with E-state index in [1.807, 2.05) is 0 Å². The number of esters is 1. The van der Waals surface area contributed by atoms with E-state index in [0.717, 1.165) is 53.9 Å². The minimum Gasteiger partial charge on any atom is -0.469 e. The minimum absolute atomic E-state index is 0.0156. The highest BCUT2D eigenvalue weighted by Gasteiger charge is 2.31. The molecule has 0 spiro atoms. The number of amides is 1. The molecule has 164 valence electrons. The normalized spacial score (nSPS) is 16.3. The zero-order valence-electron chi connectivity index (χ0n) is 17.4. The monoisotopic (exact) mass is 461 g/mol. The van der Waals surface area contributed by atoms with Crippen LogP contribution in [0.5, 0.6) is 0 Å². The van der Waals surface area contributed by atoms with Gasteiger partial charge in [-0.1, -0.05) is 29.3 Å². The van der Waals surface area contributed by atoms with Crippen molar-refractivity contribution < 1.29 is 14.3 Å². The zero-order valence-corrected chi connectivity index (χ0v) is 18.9. The third kappa shape index (κ3) is 4.37. The number of hydrogen-bond donors (Lipinski definition) is 1. The van der Waals surface area contributed by atoms with E-state index < -0.39 is 11.9 Å². The van der Waals surface area contributed by atoms with Crippen molar-refractivity contribution in [1.82, 2.24) is 9.88 Å². The molecule has 1 aromatic carbocycles. The number of halogens is 2. The SMILES string of the molecule is COC(=O)C(CC(=O)N1CCc2nc3c(c(N)c2C1)CCCC3)c1ccc(Cl)c(Cl)c1. The minimum atomic E-state index is -0.757. The van der Waals surface area contributed by atoms with Crippen LogP contribution in [-0.4, -0.2) is 35.4 Å². The van der Waals surface area contributed by atoms with Crippen molar-refractivity contribution in [3.8, 4) is 0 Å². The molecule has 1 atom stereocenters. The van der Waals surface area contributed by atoms with Crippen LogP contribution < -0.4 is 5.73 Å².